The van der Waals surface area contributed by atoms with Crippen LogP contribution in [-0.4, -0.2) is 51.3 Å². The molecule has 0 N–H and O–H groups in total. The largest absolute Gasteiger partial charge is 0.496 e. The van der Waals surface area contributed by atoms with Crippen LogP contribution in [0, 0.1) is 11.3 Å². The van der Waals surface area contributed by atoms with E-state index in [1.807, 2.05) is 31.2 Å². The van der Waals surface area contributed by atoms with Gasteiger partial charge in [0.1, 0.15) is 11.5 Å². The van der Waals surface area contributed by atoms with Crippen LogP contribution >= 0.6 is 11.8 Å². The number of thioether (sulfide) groups is 1. The number of benzene rings is 2. The lowest BCUT2D eigenvalue weighted by atomic mass is 9.85. The van der Waals surface area contributed by atoms with Crippen LogP contribution in [-0.2, 0) is 4.79 Å². The third-order valence-corrected chi connectivity index (χ3v) is 7.07. The number of carbonyl (C=O) groups is 1. The Morgan fingerprint density at radius 3 is 2.44 bits per heavy atom. The quantitative estimate of drug-likeness (QED) is 0.578. The molecule has 2 aliphatic rings. The van der Waals surface area contributed by atoms with E-state index in [0.29, 0.717) is 47.0 Å². The molecule has 2 heterocycles. The molecule has 0 bridgehead atoms. The SMILES string of the molecule is CCOc1ccccc1N1CSC2=C(C#N)[C@@H](c3cc(OC)c(OC)cc3OC)CC(=O)N2C1. The van der Waals surface area contributed by atoms with Gasteiger partial charge in [0.05, 0.1) is 62.8 Å². The number of nitriles is 1. The summed E-state index contributed by atoms with van der Waals surface area (Å²) in [6.45, 7) is 2.85. The van der Waals surface area contributed by atoms with Crippen molar-refractivity contribution in [2.75, 3.05) is 45.4 Å². The van der Waals surface area contributed by atoms with E-state index in [1.165, 1.54) is 11.8 Å². The second-order valence-corrected chi connectivity index (χ2v) is 8.65. The summed E-state index contributed by atoms with van der Waals surface area (Å²) < 4.78 is 22.2. The standard InChI is InChI=1S/C25H27N3O5S/c1-5-33-20-9-7-6-8-19(20)27-14-28-24(29)11-16(18(13-26)25(28)34-15-27)17-10-22(31-3)23(32-4)12-21(17)30-2/h6-10,12,16H,5,11,14-15H2,1-4H3/t16-/m1/s1. The first-order chi connectivity index (χ1) is 16.6. The molecule has 1 atom stereocenters. The summed E-state index contributed by atoms with van der Waals surface area (Å²) in [5.74, 6) is 2.46. The van der Waals surface area contributed by atoms with Gasteiger partial charge in [-0.2, -0.15) is 5.26 Å². The highest BCUT2D eigenvalue weighted by molar-refractivity contribution is 8.03. The molecule has 2 aromatic rings. The van der Waals surface area contributed by atoms with Crippen LogP contribution in [0.25, 0.3) is 0 Å². The molecule has 34 heavy (non-hydrogen) atoms. The van der Waals surface area contributed by atoms with Crippen molar-refractivity contribution in [2.45, 2.75) is 19.3 Å². The van der Waals surface area contributed by atoms with E-state index in [1.54, 1.807) is 38.4 Å². The second kappa shape index (κ2) is 10.2. The maximum Gasteiger partial charge on any atom is 0.229 e. The zero-order valence-electron chi connectivity index (χ0n) is 19.7. The molecular weight excluding hydrogens is 454 g/mol. The van der Waals surface area contributed by atoms with Gasteiger partial charge in [-0.1, -0.05) is 23.9 Å². The van der Waals surface area contributed by atoms with Crippen molar-refractivity contribution in [2.24, 2.45) is 0 Å². The van der Waals surface area contributed by atoms with Gasteiger partial charge < -0.3 is 23.8 Å². The van der Waals surface area contributed by atoms with E-state index in [-0.39, 0.29) is 12.3 Å². The molecule has 9 heteroatoms. The molecule has 4 rings (SSSR count). The predicted molar refractivity (Wildman–Crippen MR) is 130 cm³/mol. The number of hydrogen-bond donors (Lipinski definition) is 0. The molecule has 2 aliphatic heterocycles. The molecule has 178 valence electrons. The number of fused-ring (bicyclic) bond motifs is 1. The Morgan fingerprint density at radius 1 is 1.06 bits per heavy atom. The summed E-state index contributed by atoms with van der Waals surface area (Å²) in [4.78, 5) is 17.1. The number of para-hydroxylation sites is 2. The van der Waals surface area contributed by atoms with Crippen LogP contribution in [0.2, 0.25) is 0 Å². The van der Waals surface area contributed by atoms with Crippen LogP contribution in [0.15, 0.2) is 47.0 Å². The van der Waals surface area contributed by atoms with Gasteiger partial charge in [-0.3, -0.25) is 9.69 Å². The number of nitrogens with zero attached hydrogens (tertiary/aromatic N) is 3. The van der Waals surface area contributed by atoms with Crippen molar-refractivity contribution >= 4 is 23.4 Å². The molecule has 0 aromatic heterocycles. The zero-order valence-corrected chi connectivity index (χ0v) is 20.5. The molecule has 1 saturated heterocycles. The lowest BCUT2D eigenvalue weighted by Gasteiger charge is -2.42. The Morgan fingerprint density at radius 2 is 1.76 bits per heavy atom. The molecule has 0 spiro atoms. The molecule has 0 radical (unpaired) electrons. The van der Waals surface area contributed by atoms with Gasteiger partial charge in [-0.05, 0) is 25.1 Å². The summed E-state index contributed by atoms with van der Waals surface area (Å²) in [6, 6.07) is 13.7. The Balaban J connectivity index is 1.71. The van der Waals surface area contributed by atoms with Gasteiger partial charge in [0, 0.05) is 24.0 Å². The van der Waals surface area contributed by atoms with Crippen molar-refractivity contribution in [3.05, 3.63) is 52.6 Å². The monoisotopic (exact) mass is 481 g/mol. The van der Waals surface area contributed by atoms with E-state index in [9.17, 15) is 10.1 Å². The first kappa shape index (κ1) is 23.6. The number of methoxy groups -OCH3 is 3. The fourth-order valence-corrected chi connectivity index (χ4v) is 5.46. The summed E-state index contributed by atoms with van der Waals surface area (Å²) in [7, 11) is 4.66. The zero-order chi connectivity index (χ0) is 24.2. The highest BCUT2D eigenvalue weighted by Crippen LogP contribution is 2.48. The number of ether oxygens (including phenoxy) is 4. The highest BCUT2D eigenvalue weighted by atomic mass is 32.2. The van der Waals surface area contributed by atoms with E-state index in [2.05, 4.69) is 11.0 Å². The van der Waals surface area contributed by atoms with Gasteiger partial charge in [0.25, 0.3) is 0 Å². The Bertz CT molecular complexity index is 1160. The molecular formula is C25H27N3O5S. The average Bonchev–Trinajstić information content (AvgIpc) is 2.88. The smallest absolute Gasteiger partial charge is 0.229 e. The minimum atomic E-state index is -0.437. The predicted octanol–water partition coefficient (Wildman–Crippen LogP) is 4.33. The maximum absolute atomic E-state index is 13.4. The van der Waals surface area contributed by atoms with Crippen LogP contribution in [0.5, 0.6) is 23.0 Å². The van der Waals surface area contributed by atoms with E-state index >= 15 is 0 Å². The van der Waals surface area contributed by atoms with Gasteiger partial charge in [0.2, 0.25) is 5.91 Å². The third kappa shape index (κ3) is 4.21. The minimum Gasteiger partial charge on any atom is -0.496 e. The van der Waals surface area contributed by atoms with E-state index in [0.717, 1.165) is 17.0 Å². The molecule has 0 aliphatic carbocycles. The Labute approximate surface area is 203 Å². The van der Waals surface area contributed by atoms with E-state index < -0.39 is 5.92 Å². The van der Waals surface area contributed by atoms with Crippen LogP contribution in [0.1, 0.15) is 24.8 Å². The summed E-state index contributed by atoms with van der Waals surface area (Å²) in [6.07, 6.45) is 0.153. The normalized spacial score (nSPS) is 17.7. The minimum absolute atomic E-state index is 0.0538. The maximum atomic E-state index is 13.4. The van der Waals surface area contributed by atoms with Gasteiger partial charge in [-0.25, -0.2) is 0 Å². The number of rotatable bonds is 7. The molecule has 0 saturated carbocycles. The van der Waals surface area contributed by atoms with Crippen LogP contribution in [0.4, 0.5) is 5.69 Å². The Hall–Kier alpha value is -3.51. The molecule has 0 unspecified atom stereocenters. The molecule has 1 fully saturated rings. The lowest BCUT2D eigenvalue weighted by molar-refractivity contribution is -0.129. The topological polar surface area (TPSA) is 84.3 Å². The number of carbonyl (C=O) groups excluding carboxylic acids is 1. The van der Waals surface area contributed by atoms with Crippen molar-refractivity contribution in [1.29, 1.82) is 5.26 Å². The number of amides is 1. The third-order valence-electron chi connectivity index (χ3n) is 5.91. The molecule has 1 amide bonds. The number of allylic oxidation sites excluding steroid dienone is 1. The van der Waals surface area contributed by atoms with Crippen LogP contribution in [0.3, 0.4) is 0 Å². The average molecular weight is 482 g/mol. The number of hydrogen-bond acceptors (Lipinski definition) is 8. The first-order valence-corrected chi connectivity index (χ1v) is 11.9. The van der Waals surface area contributed by atoms with Crippen molar-refractivity contribution in [1.82, 2.24) is 4.90 Å². The van der Waals surface area contributed by atoms with Crippen molar-refractivity contribution < 1.29 is 23.7 Å². The van der Waals surface area contributed by atoms with Gasteiger partial charge >= 0.3 is 0 Å². The number of anilines is 1. The molecule has 2 aromatic carbocycles. The van der Waals surface area contributed by atoms with Crippen molar-refractivity contribution in [3.8, 4) is 29.1 Å². The fraction of sp³-hybridized carbons (Fsp3) is 0.360. The Kier molecular flexibility index (Phi) is 7.08. The van der Waals surface area contributed by atoms with Gasteiger partial charge in [-0.15, -0.1) is 0 Å². The second-order valence-electron chi connectivity index (χ2n) is 7.71. The lowest BCUT2D eigenvalue weighted by Crippen LogP contribution is -2.47. The summed E-state index contributed by atoms with van der Waals surface area (Å²) in [5, 5.41) is 10.8. The molecule has 8 nitrogen and oxygen atoms in total. The summed E-state index contributed by atoms with van der Waals surface area (Å²) >= 11 is 1.48. The summed E-state index contributed by atoms with van der Waals surface area (Å²) in [5.41, 5.74) is 2.20. The first-order valence-electron chi connectivity index (χ1n) is 10.9. The van der Waals surface area contributed by atoms with Crippen molar-refractivity contribution in [3.63, 3.8) is 0 Å². The van der Waals surface area contributed by atoms with E-state index in [4.69, 9.17) is 18.9 Å². The van der Waals surface area contributed by atoms with Crippen LogP contribution < -0.4 is 23.8 Å². The highest BCUT2D eigenvalue weighted by Gasteiger charge is 2.40. The fourth-order valence-electron chi connectivity index (χ4n) is 4.30. The van der Waals surface area contributed by atoms with Gasteiger partial charge in [0.15, 0.2) is 11.5 Å².